The Morgan fingerprint density at radius 1 is 0.441 bits per heavy atom. The number of carbonyl (C=O) groups excluding carboxylic acids is 2. The molecule has 0 saturated heterocycles. The van der Waals surface area contributed by atoms with Crippen molar-refractivity contribution < 1.29 is 47.5 Å². The molecule has 0 spiro atoms. The van der Waals surface area contributed by atoms with E-state index in [2.05, 4.69) is 36.4 Å². The second-order valence-corrected chi connectivity index (χ2v) is 17.0. The zero-order valence-electron chi connectivity index (χ0n) is 33.1. The van der Waals surface area contributed by atoms with Gasteiger partial charge >= 0.3 is 11.9 Å². The highest BCUT2D eigenvalue weighted by Crippen LogP contribution is 2.77. The number of benzene rings is 7. The third kappa shape index (κ3) is 4.27. The summed E-state index contributed by atoms with van der Waals surface area (Å²) in [5.41, 5.74) is 5.89. The molecule has 9 aromatic rings. The minimum Gasteiger partial charge on any atom is -0.462 e. The molecule has 4 aliphatic rings. The van der Waals surface area contributed by atoms with Gasteiger partial charge in [0.1, 0.15) is 13.2 Å². The van der Waals surface area contributed by atoms with Gasteiger partial charge in [-0.2, -0.15) is 0 Å². The van der Waals surface area contributed by atoms with E-state index in [-0.39, 0.29) is 26.4 Å². The molecule has 0 aromatic heterocycles. The molecular weight excluding hydrogens is 749 g/mol. The van der Waals surface area contributed by atoms with Crippen LogP contribution in [0.4, 0.5) is 0 Å². The number of hydrogen-bond acceptors (Lipinski definition) is 10. The lowest BCUT2D eigenvalue weighted by atomic mass is 9.87. The smallest absolute Gasteiger partial charge is 0.324 e. The molecule has 0 heterocycles. The van der Waals surface area contributed by atoms with Gasteiger partial charge in [-0.3, -0.25) is 9.59 Å². The van der Waals surface area contributed by atoms with Crippen LogP contribution >= 0.6 is 0 Å². The van der Waals surface area contributed by atoms with Crippen LogP contribution in [0.2, 0.25) is 0 Å². The molecule has 10 heteroatoms. The summed E-state index contributed by atoms with van der Waals surface area (Å²) in [5.74, 6) is -1.96. The van der Waals surface area contributed by atoms with Crippen LogP contribution in [-0.4, -0.2) is 105 Å². The maximum Gasteiger partial charge on any atom is 0.324 e. The van der Waals surface area contributed by atoms with E-state index in [1.807, 2.05) is 0 Å². The number of esters is 2. The Morgan fingerprint density at radius 3 is 1.19 bits per heavy atom. The van der Waals surface area contributed by atoms with E-state index < -0.39 is 29.2 Å². The second-order valence-electron chi connectivity index (χ2n) is 17.0. The summed E-state index contributed by atoms with van der Waals surface area (Å²) in [6, 6.07) is 14.2. The molecular formula is C49H42O10. The summed E-state index contributed by atoms with van der Waals surface area (Å²) in [4.78, 5) is 29.6. The van der Waals surface area contributed by atoms with Crippen molar-refractivity contribution in [2.45, 2.75) is 24.7 Å². The van der Waals surface area contributed by atoms with E-state index in [0.717, 1.165) is 24.0 Å². The maximum atomic E-state index is 14.8. The fraction of sp³-hybridized carbons (Fsp3) is 0.388. The van der Waals surface area contributed by atoms with Gasteiger partial charge in [0.2, 0.25) is 0 Å². The first-order valence-corrected chi connectivity index (χ1v) is 21.0. The van der Waals surface area contributed by atoms with Gasteiger partial charge in [0, 0.05) is 26.1 Å². The number of hydrogen-bond donors (Lipinski definition) is 0. The van der Waals surface area contributed by atoms with Crippen LogP contribution in [0, 0.1) is 5.41 Å². The quantitative estimate of drug-likeness (QED) is 0.0333. The molecule has 9 aromatic carbocycles. The third-order valence-electron chi connectivity index (χ3n) is 14.3. The van der Waals surface area contributed by atoms with Crippen molar-refractivity contribution in [3.63, 3.8) is 0 Å². The summed E-state index contributed by atoms with van der Waals surface area (Å²) in [6.45, 7) is 3.89. The van der Waals surface area contributed by atoms with Gasteiger partial charge in [0.15, 0.2) is 5.41 Å². The summed E-state index contributed by atoms with van der Waals surface area (Å²) in [6.07, 6.45) is 1.64. The van der Waals surface area contributed by atoms with E-state index in [1.165, 1.54) is 108 Å². The van der Waals surface area contributed by atoms with Crippen LogP contribution < -0.4 is 0 Å². The van der Waals surface area contributed by atoms with Crippen LogP contribution in [0.1, 0.15) is 45.2 Å². The fourth-order valence-electron chi connectivity index (χ4n) is 12.3. The fourth-order valence-corrected chi connectivity index (χ4v) is 12.3. The van der Waals surface area contributed by atoms with Crippen molar-refractivity contribution in [2.75, 3.05) is 93.5 Å². The zero-order valence-corrected chi connectivity index (χ0v) is 33.1. The van der Waals surface area contributed by atoms with Gasteiger partial charge in [-0.1, -0.05) is 36.4 Å². The first kappa shape index (κ1) is 34.9. The van der Waals surface area contributed by atoms with Gasteiger partial charge in [0.25, 0.3) is 0 Å². The number of methoxy groups -OCH3 is 2. The lowest BCUT2D eigenvalue weighted by Crippen LogP contribution is -2.34. The summed E-state index contributed by atoms with van der Waals surface area (Å²) in [5, 5.41) is 21.7. The molecule has 59 heavy (non-hydrogen) atoms. The van der Waals surface area contributed by atoms with Crippen LogP contribution in [0.25, 0.3) is 86.2 Å². The van der Waals surface area contributed by atoms with Crippen LogP contribution in [0.5, 0.6) is 0 Å². The van der Waals surface area contributed by atoms with Gasteiger partial charge < -0.3 is 37.9 Å². The standard InChI is InChI=1S/C49H42O10/c1-52-5-7-54-9-11-56-13-15-58-47(50)49(48(51)59-16-14-57-12-10-55-8-6-53-2)45-29-21-27-19-25-17-23-3-4-24-18-26-20-28-22-30(46(45)49)38-37(29)41-35(27)33(25)39-31(23)32(24)40-34(26)36(28)42(38)44(41)43(39)40/h3-4,17-18,21-22,45-46H,5-16,19-20H2,1-2H3. The number of ether oxygens (including phenoxy) is 8. The number of carbonyl (C=O) groups is 2. The Balaban J connectivity index is 0.921. The highest BCUT2D eigenvalue weighted by atomic mass is 16.6. The highest BCUT2D eigenvalue weighted by molar-refractivity contribution is 6.58. The number of rotatable bonds is 20. The van der Waals surface area contributed by atoms with Gasteiger partial charge in [-0.05, 0) is 132 Å². The normalized spacial score (nSPS) is 18.3. The molecule has 0 amide bonds. The molecule has 0 N–H and O–H groups in total. The Bertz CT molecular complexity index is 2960. The molecule has 2 atom stereocenters. The van der Waals surface area contributed by atoms with Crippen LogP contribution in [0.15, 0.2) is 36.4 Å². The predicted molar refractivity (Wildman–Crippen MR) is 225 cm³/mol. The van der Waals surface area contributed by atoms with Gasteiger partial charge in [0.05, 0.1) is 66.1 Å². The van der Waals surface area contributed by atoms with Crippen molar-refractivity contribution in [2.24, 2.45) is 5.41 Å². The third-order valence-corrected chi connectivity index (χ3v) is 14.3. The largest absolute Gasteiger partial charge is 0.462 e. The van der Waals surface area contributed by atoms with Gasteiger partial charge in [-0.15, -0.1) is 0 Å². The average molecular weight is 791 g/mol. The molecule has 1 fully saturated rings. The molecule has 298 valence electrons. The van der Waals surface area contributed by atoms with E-state index >= 15 is 0 Å². The van der Waals surface area contributed by atoms with Crippen molar-refractivity contribution in [1.82, 2.24) is 0 Å². The van der Waals surface area contributed by atoms with Crippen LogP contribution in [-0.2, 0) is 60.3 Å². The Morgan fingerprint density at radius 2 is 0.780 bits per heavy atom. The van der Waals surface area contributed by atoms with Crippen molar-refractivity contribution in [3.05, 3.63) is 69.8 Å². The van der Waals surface area contributed by atoms with E-state index in [0.29, 0.717) is 52.9 Å². The minimum absolute atomic E-state index is 0.0118. The monoisotopic (exact) mass is 790 g/mol. The summed E-state index contributed by atoms with van der Waals surface area (Å²) < 4.78 is 44.7. The highest BCUT2D eigenvalue weighted by Gasteiger charge is 2.79. The second kappa shape index (κ2) is 12.5. The van der Waals surface area contributed by atoms with E-state index in [1.54, 1.807) is 14.2 Å². The molecule has 0 aliphatic heterocycles. The molecule has 4 aliphatic carbocycles. The molecule has 2 unspecified atom stereocenters. The lowest BCUT2D eigenvalue weighted by molar-refractivity contribution is -0.167. The zero-order chi connectivity index (χ0) is 39.3. The summed E-state index contributed by atoms with van der Waals surface area (Å²) >= 11 is 0. The lowest BCUT2D eigenvalue weighted by Gasteiger charge is -2.18. The Labute approximate surface area is 338 Å². The molecule has 0 bridgehead atoms. The SMILES string of the molecule is COCCOCCOCCOC(=O)C1(C(=O)OCCOCCOCCOC)C2c3cc4c5c6c(cc7ccc8cc9c%10c%11c(cc(c%12c3c5c(c%12%11)c3c6c7c8c%103)C21)C9)C4. The van der Waals surface area contributed by atoms with E-state index in [4.69, 9.17) is 37.9 Å². The Kier molecular flexibility index (Phi) is 7.42. The molecule has 10 nitrogen and oxygen atoms in total. The van der Waals surface area contributed by atoms with Crippen molar-refractivity contribution >= 4 is 98.1 Å². The number of fused-ring (bicyclic) bond motifs is 3. The molecule has 0 radical (unpaired) electrons. The maximum absolute atomic E-state index is 14.8. The first-order valence-electron chi connectivity index (χ1n) is 21.0. The van der Waals surface area contributed by atoms with Crippen molar-refractivity contribution in [1.29, 1.82) is 0 Å². The van der Waals surface area contributed by atoms with E-state index in [9.17, 15) is 9.59 Å². The molecule has 1 saturated carbocycles. The molecule has 13 rings (SSSR count). The van der Waals surface area contributed by atoms with Gasteiger partial charge in [-0.25, -0.2) is 0 Å². The topological polar surface area (TPSA) is 108 Å². The average Bonchev–Trinajstić information content (AvgIpc) is 3.54. The van der Waals surface area contributed by atoms with Crippen LogP contribution in [0.3, 0.4) is 0 Å². The predicted octanol–water partition coefficient (Wildman–Crippen LogP) is 7.54. The summed E-state index contributed by atoms with van der Waals surface area (Å²) in [7, 11) is 3.26. The Hall–Kier alpha value is -4.94. The first-order chi connectivity index (χ1) is 29.1. The minimum atomic E-state index is -1.55. The van der Waals surface area contributed by atoms with Crippen molar-refractivity contribution in [3.8, 4) is 0 Å².